The Balaban J connectivity index is 1.86. The molecule has 1 aromatic rings. The van der Waals surface area contributed by atoms with Crippen LogP contribution in [-0.2, 0) is 20.3 Å². The molecule has 4 nitrogen and oxygen atoms in total. The van der Waals surface area contributed by atoms with Crippen molar-refractivity contribution in [2.45, 2.75) is 41.2 Å². The number of rotatable bonds is 2. The highest BCUT2D eigenvalue weighted by molar-refractivity contribution is 7.85. The van der Waals surface area contributed by atoms with Crippen LogP contribution in [0.15, 0.2) is 23.1 Å². The van der Waals surface area contributed by atoms with Crippen molar-refractivity contribution >= 4 is 34.0 Å². The summed E-state index contributed by atoms with van der Waals surface area (Å²) in [5.74, 6) is -0.624. The number of benzene rings is 1. The van der Waals surface area contributed by atoms with Crippen molar-refractivity contribution in [2.75, 3.05) is 13.2 Å². The highest BCUT2D eigenvalue weighted by Gasteiger charge is 2.46. The SMILES string of the molecule is NC1CCC2(CC1S(=O)c1cc(Cl)ccc1Cl)OCCO2. The number of hydrogen-bond donors (Lipinski definition) is 1. The summed E-state index contributed by atoms with van der Waals surface area (Å²) >= 11 is 12.1. The third-order valence-electron chi connectivity index (χ3n) is 4.05. The molecule has 7 heteroatoms. The summed E-state index contributed by atoms with van der Waals surface area (Å²) < 4.78 is 24.4. The molecule has 2 fully saturated rings. The van der Waals surface area contributed by atoms with Crippen molar-refractivity contribution in [3.05, 3.63) is 28.2 Å². The third kappa shape index (κ3) is 3.14. The highest BCUT2D eigenvalue weighted by Crippen LogP contribution is 2.39. The van der Waals surface area contributed by atoms with Crippen molar-refractivity contribution in [2.24, 2.45) is 5.73 Å². The smallest absolute Gasteiger partial charge is 0.169 e. The molecule has 1 saturated heterocycles. The van der Waals surface area contributed by atoms with Crippen LogP contribution in [0.2, 0.25) is 10.0 Å². The van der Waals surface area contributed by atoms with E-state index in [-0.39, 0.29) is 11.3 Å². The second kappa shape index (κ2) is 6.14. The lowest BCUT2D eigenvalue weighted by Crippen LogP contribution is -2.50. The van der Waals surface area contributed by atoms with Crippen molar-refractivity contribution in [1.82, 2.24) is 0 Å². The van der Waals surface area contributed by atoms with Gasteiger partial charge in [0.1, 0.15) is 0 Å². The maximum atomic E-state index is 12.9. The lowest BCUT2D eigenvalue weighted by Gasteiger charge is -2.39. The standard InChI is InChI=1S/C14H17Cl2NO3S/c15-9-1-2-10(16)12(7-9)21(18)13-8-14(4-3-11(13)17)19-5-6-20-14/h1-2,7,11,13H,3-6,8,17H2. The molecule has 3 unspecified atom stereocenters. The Bertz CT molecular complexity index is 563. The summed E-state index contributed by atoms with van der Waals surface area (Å²) in [4.78, 5) is 0.527. The van der Waals surface area contributed by atoms with E-state index in [0.717, 1.165) is 6.42 Å². The van der Waals surface area contributed by atoms with Crippen LogP contribution in [0.1, 0.15) is 19.3 Å². The van der Waals surface area contributed by atoms with E-state index in [1.54, 1.807) is 18.2 Å². The van der Waals surface area contributed by atoms with Gasteiger partial charge in [-0.15, -0.1) is 0 Å². The summed E-state index contributed by atoms with van der Waals surface area (Å²) in [5, 5.41) is 0.695. The van der Waals surface area contributed by atoms with Gasteiger partial charge in [0.15, 0.2) is 5.79 Å². The van der Waals surface area contributed by atoms with Gasteiger partial charge in [-0.05, 0) is 24.6 Å². The molecule has 2 N–H and O–H groups in total. The van der Waals surface area contributed by atoms with Gasteiger partial charge >= 0.3 is 0 Å². The van der Waals surface area contributed by atoms with Crippen LogP contribution in [0.25, 0.3) is 0 Å². The summed E-state index contributed by atoms with van der Waals surface area (Å²) in [7, 11) is -1.35. The van der Waals surface area contributed by atoms with E-state index in [1.807, 2.05) is 0 Å². The molecule has 1 saturated carbocycles. The number of hydrogen-bond acceptors (Lipinski definition) is 4. The van der Waals surface area contributed by atoms with E-state index in [2.05, 4.69) is 0 Å². The summed E-state index contributed by atoms with van der Waals surface area (Å²) in [6.07, 6.45) is 1.98. The van der Waals surface area contributed by atoms with E-state index in [0.29, 0.717) is 41.0 Å². The minimum Gasteiger partial charge on any atom is -0.347 e. The quantitative estimate of drug-likeness (QED) is 0.891. The molecule has 0 amide bonds. The predicted molar refractivity (Wildman–Crippen MR) is 83.1 cm³/mol. The Labute approximate surface area is 136 Å². The fourth-order valence-electron chi connectivity index (χ4n) is 2.92. The minimum atomic E-state index is -1.35. The summed E-state index contributed by atoms with van der Waals surface area (Å²) in [5.41, 5.74) is 6.18. The van der Waals surface area contributed by atoms with E-state index in [1.165, 1.54) is 0 Å². The van der Waals surface area contributed by atoms with Crippen molar-refractivity contribution < 1.29 is 13.7 Å². The van der Waals surface area contributed by atoms with Crippen LogP contribution >= 0.6 is 23.2 Å². The van der Waals surface area contributed by atoms with Gasteiger partial charge < -0.3 is 15.2 Å². The van der Waals surface area contributed by atoms with Crippen LogP contribution in [0, 0.1) is 0 Å². The van der Waals surface area contributed by atoms with Gasteiger partial charge in [-0.3, -0.25) is 4.21 Å². The third-order valence-corrected chi connectivity index (χ3v) is 6.56. The van der Waals surface area contributed by atoms with Crippen molar-refractivity contribution in [3.63, 3.8) is 0 Å². The van der Waals surface area contributed by atoms with Crippen LogP contribution < -0.4 is 5.73 Å². The molecule has 1 spiro atoms. The van der Waals surface area contributed by atoms with Crippen LogP contribution in [-0.4, -0.2) is 34.5 Å². The molecule has 21 heavy (non-hydrogen) atoms. The maximum absolute atomic E-state index is 12.9. The van der Waals surface area contributed by atoms with Gasteiger partial charge in [-0.2, -0.15) is 0 Å². The Morgan fingerprint density at radius 1 is 1.29 bits per heavy atom. The molecule has 116 valence electrons. The van der Waals surface area contributed by atoms with Crippen molar-refractivity contribution in [1.29, 1.82) is 0 Å². The van der Waals surface area contributed by atoms with Gasteiger partial charge in [0.25, 0.3) is 0 Å². The topological polar surface area (TPSA) is 61.6 Å². The molecule has 2 aliphatic rings. The molecule has 1 aliphatic carbocycles. The molecular weight excluding hydrogens is 333 g/mol. The monoisotopic (exact) mass is 349 g/mol. The zero-order chi connectivity index (χ0) is 15.0. The van der Waals surface area contributed by atoms with Crippen LogP contribution in [0.3, 0.4) is 0 Å². The first kappa shape index (κ1) is 15.7. The second-order valence-corrected chi connectivity index (χ2v) is 7.91. The molecule has 1 aliphatic heterocycles. The van der Waals surface area contributed by atoms with Crippen LogP contribution in [0.5, 0.6) is 0 Å². The zero-order valence-electron chi connectivity index (χ0n) is 11.4. The van der Waals surface area contributed by atoms with E-state index in [9.17, 15) is 4.21 Å². The van der Waals surface area contributed by atoms with Gasteiger partial charge in [0.2, 0.25) is 0 Å². The highest BCUT2D eigenvalue weighted by atomic mass is 35.5. The fourth-order valence-corrected chi connectivity index (χ4v) is 5.19. The van der Waals surface area contributed by atoms with E-state index < -0.39 is 16.6 Å². The van der Waals surface area contributed by atoms with Gasteiger partial charge in [-0.1, -0.05) is 23.2 Å². The number of ether oxygens (including phenoxy) is 2. The molecule has 3 atom stereocenters. The minimum absolute atomic E-state index is 0.167. The van der Waals surface area contributed by atoms with Gasteiger partial charge in [0, 0.05) is 23.9 Å². The van der Waals surface area contributed by atoms with E-state index >= 15 is 0 Å². The molecule has 0 aromatic heterocycles. The van der Waals surface area contributed by atoms with Gasteiger partial charge in [-0.25, -0.2) is 0 Å². The normalized spacial score (nSPS) is 29.7. The predicted octanol–water partition coefficient (Wildman–Crippen LogP) is 2.72. The average molecular weight is 350 g/mol. The summed E-state index contributed by atoms with van der Waals surface area (Å²) in [6, 6.07) is 4.81. The first-order valence-corrected chi connectivity index (χ1v) is 8.87. The first-order chi connectivity index (χ1) is 10.0. The molecule has 0 radical (unpaired) electrons. The number of halogens is 2. The van der Waals surface area contributed by atoms with E-state index in [4.69, 9.17) is 38.4 Å². The lowest BCUT2D eigenvalue weighted by molar-refractivity contribution is -0.177. The molecule has 1 heterocycles. The summed E-state index contributed by atoms with van der Waals surface area (Å²) in [6.45, 7) is 1.15. The first-order valence-electron chi connectivity index (χ1n) is 6.90. The van der Waals surface area contributed by atoms with Crippen molar-refractivity contribution in [3.8, 4) is 0 Å². The average Bonchev–Trinajstić information content (AvgIpc) is 2.92. The number of nitrogens with two attached hydrogens (primary N) is 1. The Hall–Kier alpha value is -0.170. The maximum Gasteiger partial charge on any atom is 0.169 e. The zero-order valence-corrected chi connectivity index (χ0v) is 13.7. The Kier molecular flexibility index (Phi) is 4.60. The lowest BCUT2D eigenvalue weighted by atomic mass is 9.90. The Morgan fingerprint density at radius 2 is 2.00 bits per heavy atom. The molecule has 1 aromatic carbocycles. The largest absolute Gasteiger partial charge is 0.347 e. The second-order valence-electron chi connectivity index (χ2n) is 5.42. The molecule has 3 rings (SSSR count). The van der Waals surface area contributed by atoms with Crippen LogP contribution in [0.4, 0.5) is 0 Å². The van der Waals surface area contributed by atoms with Gasteiger partial charge in [0.05, 0.1) is 39.2 Å². The molecule has 0 bridgehead atoms. The Morgan fingerprint density at radius 3 is 2.71 bits per heavy atom. The molecular formula is C14H17Cl2NO3S. The fraction of sp³-hybridized carbons (Fsp3) is 0.571.